The maximum Gasteiger partial charge on any atom is 0.189 e. The Hall–Kier alpha value is -2.17. The van der Waals surface area contributed by atoms with Gasteiger partial charge in [-0.1, -0.05) is 18.2 Å². The van der Waals surface area contributed by atoms with Crippen LogP contribution >= 0.6 is 0 Å². The number of fused-ring (bicyclic) bond motifs is 1. The SMILES string of the molecule is C=C(C)CNC(N)=NCc1ccc2c(c1)OCCO2. The minimum Gasteiger partial charge on any atom is -0.486 e. The molecule has 0 saturated carbocycles. The molecule has 1 aromatic rings. The molecule has 1 heterocycles. The topological polar surface area (TPSA) is 68.9 Å². The fourth-order valence-corrected chi connectivity index (χ4v) is 1.66. The Morgan fingerprint density at radius 3 is 2.84 bits per heavy atom. The van der Waals surface area contributed by atoms with E-state index in [1.807, 2.05) is 25.1 Å². The van der Waals surface area contributed by atoms with Crippen molar-refractivity contribution < 1.29 is 9.47 Å². The number of rotatable bonds is 4. The van der Waals surface area contributed by atoms with Crippen molar-refractivity contribution in [2.45, 2.75) is 13.5 Å². The smallest absolute Gasteiger partial charge is 0.189 e. The van der Waals surface area contributed by atoms with Crippen molar-refractivity contribution in [2.75, 3.05) is 19.8 Å². The lowest BCUT2D eigenvalue weighted by molar-refractivity contribution is 0.171. The molecule has 3 N–H and O–H groups in total. The van der Waals surface area contributed by atoms with Crippen molar-refractivity contribution in [3.8, 4) is 11.5 Å². The Bertz CT molecular complexity index is 497. The van der Waals surface area contributed by atoms with Crippen molar-refractivity contribution in [3.63, 3.8) is 0 Å². The number of ether oxygens (including phenoxy) is 2. The molecule has 0 amide bonds. The van der Waals surface area contributed by atoms with E-state index in [9.17, 15) is 0 Å². The summed E-state index contributed by atoms with van der Waals surface area (Å²) < 4.78 is 11.0. The standard InChI is InChI=1S/C14H19N3O2/c1-10(2)8-16-14(15)17-9-11-3-4-12-13(7-11)19-6-5-18-12/h3-4,7H,1,5-6,8-9H2,2H3,(H3,15,16,17). The average Bonchev–Trinajstić information content (AvgIpc) is 2.42. The van der Waals surface area contributed by atoms with Gasteiger partial charge < -0.3 is 20.5 Å². The van der Waals surface area contributed by atoms with Crippen LogP contribution in [0.15, 0.2) is 35.3 Å². The van der Waals surface area contributed by atoms with Crippen LogP contribution in [0.5, 0.6) is 11.5 Å². The van der Waals surface area contributed by atoms with E-state index >= 15 is 0 Å². The Morgan fingerprint density at radius 1 is 1.37 bits per heavy atom. The quantitative estimate of drug-likeness (QED) is 0.489. The molecule has 0 fully saturated rings. The Balaban J connectivity index is 1.95. The lowest BCUT2D eigenvalue weighted by Gasteiger charge is -2.18. The lowest BCUT2D eigenvalue weighted by Crippen LogP contribution is -2.32. The number of hydrogen-bond acceptors (Lipinski definition) is 3. The van der Waals surface area contributed by atoms with Crippen LogP contribution in [0.1, 0.15) is 12.5 Å². The van der Waals surface area contributed by atoms with Gasteiger partial charge in [-0.05, 0) is 24.6 Å². The van der Waals surface area contributed by atoms with Gasteiger partial charge in [-0.2, -0.15) is 0 Å². The molecule has 102 valence electrons. The van der Waals surface area contributed by atoms with Crippen molar-refractivity contribution in [2.24, 2.45) is 10.7 Å². The van der Waals surface area contributed by atoms with E-state index in [4.69, 9.17) is 15.2 Å². The number of benzene rings is 1. The summed E-state index contributed by atoms with van der Waals surface area (Å²) in [5.74, 6) is 1.97. The molecule has 19 heavy (non-hydrogen) atoms. The summed E-state index contributed by atoms with van der Waals surface area (Å²) in [4.78, 5) is 4.26. The van der Waals surface area contributed by atoms with Crippen LogP contribution in [0.3, 0.4) is 0 Å². The molecule has 0 bridgehead atoms. The number of nitrogens with two attached hydrogens (primary N) is 1. The van der Waals surface area contributed by atoms with E-state index in [1.54, 1.807) is 0 Å². The normalized spacial score (nSPS) is 14.1. The highest BCUT2D eigenvalue weighted by Crippen LogP contribution is 2.30. The second-order valence-electron chi connectivity index (χ2n) is 4.49. The third kappa shape index (κ3) is 3.91. The number of guanidine groups is 1. The predicted octanol–water partition coefficient (Wildman–Crippen LogP) is 1.44. The van der Waals surface area contributed by atoms with Crippen LogP contribution in [-0.2, 0) is 6.54 Å². The fraction of sp³-hybridized carbons (Fsp3) is 0.357. The number of nitrogens with one attached hydrogen (secondary N) is 1. The largest absolute Gasteiger partial charge is 0.486 e. The van der Waals surface area contributed by atoms with Crippen molar-refractivity contribution in [3.05, 3.63) is 35.9 Å². The lowest BCUT2D eigenvalue weighted by atomic mass is 10.2. The fourth-order valence-electron chi connectivity index (χ4n) is 1.66. The Labute approximate surface area is 113 Å². The van der Waals surface area contributed by atoms with E-state index in [2.05, 4.69) is 16.9 Å². The maximum atomic E-state index is 5.75. The molecule has 2 rings (SSSR count). The van der Waals surface area contributed by atoms with Gasteiger partial charge in [-0.25, -0.2) is 4.99 Å². The molecule has 0 aromatic heterocycles. The molecule has 0 aliphatic carbocycles. The van der Waals surface area contributed by atoms with E-state index in [0.29, 0.717) is 32.3 Å². The summed E-state index contributed by atoms with van der Waals surface area (Å²) in [6, 6.07) is 5.80. The van der Waals surface area contributed by atoms with Gasteiger partial charge >= 0.3 is 0 Å². The summed E-state index contributed by atoms with van der Waals surface area (Å²) in [6.07, 6.45) is 0. The van der Waals surface area contributed by atoms with Gasteiger partial charge in [0.1, 0.15) is 13.2 Å². The first-order valence-electron chi connectivity index (χ1n) is 6.22. The van der Waals surface area contributed by atoms with Crippen molar-refractivity contribution in [1.82, 2.24) is 5.32 Å². The van der Waals surface area contributed by atoms with E-state index in [0.717, 1.165) is 22.6 Å². The highest BCUT2D eigenvalue weighted by Gasteiger charge is 2.11. The molecule has 1 aliphatic rings. The highest BCUT2D eigenvalue weighted by atomic mass is 16.6. The van der Waals surface area contributed by atoms with Gasteiger partial charge in [-0.3, -0.25) is 0 Å². The third-order valence-corrected chi connectivity index (χ3v) is 2.61. The summed E-state index contributed by atoms with van der Waals surface area (Å²) in [5.41, 5.74) is 7.79. The number of hydrogen-bond donors (Lipinski definition) is 2. The average molecular weight is 261 g/mol. The molecule has 0 spiro atoms. The van der Waals surface area contributed by atoms with Gasteiger partial charge in [0.05, 0.1) is 6.54 Å². The van der Waals surface area contributed by atoms with Crippen LogP contribution in [0.25, 0.3) is 0 Å². The van der Waals surface area contributed by atoms with Gasteiger partial charge in [0.15, 0.2) is 17.5 Å². The Kier molecular flexibility index (Phi) is 4.28. The molecule has 0 saturated heterocycles. The molecule has 5 nitrogen and oxygen atoms in total. The first-order valence-corrected chi connectivity index (χ1v) is 6.22. The zero-order valence-electron chi connectivity index (χ0n) is 11.1. The molecular weight excluding hydrogens is 242 g/mol. The summed E-state index contributed by atoms with van der Waals surface area (Å²) in [5, 5.41) is 2.99. The first kappa shape index (κ1) is 13.3. The van der Waals surface area contributed by atoms with Crippen LogP contribution in [0.2, 0.25) is 0 Å². The monoisotopic (exact) mass is 261 g/mol. The molecular formula is C14H19N3O2. The van der Waals surface area contributed by atoms with Crippen molar-refractivity contribution in [1.29, 1.82) is 0 Å². The highest BCUT2D eigenvalue weighted by molar-refractivity contribution is 5.78. The minimum absolute atomic E-state index is 0.415. The van der Waals surface area contributed by atoms with Gasteiger partial charge in [0.25, 0.3) is 0 Å². The Morgan fingerprint density at radius 2 is 2.11 bits per heavy atom. The zero-order valence-corrected chi connectivity index (χ0v) is 11.1. The zero-order chi connectivity index (χ0) is 13.7. The van der Waals surface area contributed by atoms with Crippen LogP contribution in [0.4, 0.5) is 0 Å². The molecule has 1 aliphatic heterocycles. The van der Waals surface area contributed by atoms with Crippen LogP contribution < -0.4 is 20.5 Å². The van der Waals surface area contributed by atoms with Gasteiger partial charge in [0.2, 0.25) is 0 Å². The van der Waals surface area contributed by atoms with E-state index in [-0.39, 0.29) is 0 Å². The molecule has 0 radical (unpaired) electrons. The van der Waals surface area contributed by atoms with Crippen molar-refractivity contribution >= 4 is 5.96 Å². The maximum absolute atomic E-state index is 5.75. The first-order chi connectivity index (χ1) is 9.15. The summed E-state index contributed by atoms with van der Waals surface area (Å²) in [6.45, 7) is 8.05. The summed E-state index contributed by atoms with van der Waals surface area (Å²) in [7, 11) is 0. The molecule has 0 atom stereocenters. The molecule has 0 unspecified atom stereocenters. The molecule has 5 heteroatoms. The summed E-state index contributed by atoms with van der Waals surface area (Å²) >= 11 is 0. The van der Waals surface area contributed by atoms with Gasteiger partial charge in [0, 0.05) is 6.54 Å². The van der Waals surface area contributed by atoms with Crippen LogP contribution in [0, 0.1) is 0 Å². The second kappa shape index (κ2) is 6.13. The van der Waals surface area contributed by atoms with Crippen LogP contribution in [-0.4, -0.2) is 25.7 Å². The predicted molar refractivity (Wildman–Crippen MR) is 75.6 cm³/mol. The van der Waals surface area contributed by atoms with E-state index in [1.165, 1.54) is 0 Å². The molecule has 1 aromatic carbocycles. The third-order valence-electron chi connectivity index (χ3n) is 2.61. The second-order valence-corrected chi connectivity index (χ2v) is 4.49. The number of aliphatic imine (C=N–C) groups is 1. The van der Waals surface area contributed by atoms with Gasteiger partial charge in [-0.15, -0.1) is 0 Å². The number of nitrogens with zero attached hydrogens (tertiary/aromatic N) is 1. The minimum atomic E-state index is 0.415. The van der Waals surface area contributed by atoms with E-state index < -0.39 is 0 Å².